The van der Waals surface area contributed by atoms with Gasteiger partial charge in [0.05, 0.1) is 26.1 Å². The van der Waals surface area contributed by atoms with Gasteiger partial charge in [0, 0.05) is 42.5 Å². The zero-order chi connectivity index (χ0) is 41.5. The van der Waals surface area contributed by atoms with Crippen LogP contribution in [0.15, 0.2) is 0 Å². The van der Waals surface area contributed by atoms with Crippen LogP contribution in [0.2, 0.25) is 0 Å². The lowest BCUT2D eigenvalue weighted by Crippen LogP contribution is -2.33. The van der Waals surface area contributed by atoms with E-state index >= 15 is 0 Å². The number of hydrogen-bond donors (Lipinski definition) is 0. The summed E-state index contributed by atoms with van der Waals surface area (Å²) in [5.41, 5.74) is 0. The van der Waals surface area contributed by atoms with Gasteiger partial charge in [-0.25, -0.2) is 0 Å². The first kappa shape index (κ1) is 56.8. The molecule has 0 saturated heterocycles. The van der Waals surface area contributed by atoms with E-state index in [1.165, 1.54) is 151 Å². The minimum Gasteiger partial charge on any atom is -0.466 e. The van der Waals surface area contributed by atoms with Crippen LogP contribution in [-0.4, -0.2) is 97.7 Å². The third-order valence-electron chi connectivity index (χ3n) is 10.2. The van der Waals surface area contributed by atoms with Gasteiger partial charge in [0.25, 0.3) is 0 Å². The van der Waals surface area contributed by atoms with Crippen LogP contribution in [0.25, 0.3) is 0 Å². The molecule has 0 aromatic heterocycles. The maximum absolute atomic E-state index is 12.6. The summed E-state index contributed by atoms with van der Waals surface area (Å²) in [6.45, 7) is 9.57. The van der Waals surface area contributed by atoms with Crippen LogP contribution in [0.1, 0.15) is 200 Å². The minimum atomic E-state index is -0.137. The number of terminal acetylenes is 1. The summed E-state index contributed by atoms with van der Waals surface area (Å²) in [6, 6.07) is 0. The third-order valence-corrected chi connectivity index (χ3v) is 15.4. The molecule has 0 fully saturated rings. The van der Waals surface area contributed by atoms with Crippen LogP contribution in [0.4, 0.5) is 0 Å². The van der Waals surface area contributed by atoms with Gasteiger partial charge >= 0.3 is 11.9 Å². The SMILES string of the molecule is C#CCCCN(C)CCCN(CCC(=O)OCCCCCCSSCCCCCCCCCC)CCC(=O)OCCCCCCSSCCCCCCCCCC. The highest BCUT2D eigenvalue weighted by Gasteiger charge is 2.13. The van der Waals surface area contributed by atoms with E-state index in [2.05, 4.69) is 36.6 Å². The first-order chi connectivity index (χ1) is 28.0. The molecule has 0 aromatic carbocycles. The Kier molecular flexibility index (Phi) is 48.3. The molecule has 0 bridgehead atoms. The second-order valence-electron chi connectivity index (χ2n) is 15.8. The number of unbranched alkanes of at least 4 members (excludes halogenated alkanes) is 21. The van der Waals surface area contributed by atoms with Gasteiger partial charge < -0.3 is 19.3 Å². The van der Waals surface area contributed by atoms with Crippen molar-refractivity contribution < 1.29 is 19.1 Å². The normalized spacial score (nSPS) is 11.4. The first-order valence-electron chi connectivity index (χ1n) is 23.7. The molecule has 0 aromatic rings. The molecule has 0 radical (unpaired) electrons. The predicted molar refractivity (Wildman–Crippen MR) is 260 cm³/mol. The summed E-state index contributed by atoms with van der Waals surface area (Å²) < 4.78 is 11.2. The summed E-state index contributed by atoms with van der Waals surface area (Å²) in [4.78, 5) is 29.7. The van der Waals surface area contributed by atoms with Crippen LogP contribution in [-0.2, 0) is 19.1 Å². The van der Waals surface area contributed by atoms with E-state index in [0.29, 0.717) is 39.1 Å². The maximum Gasteiger partial charge on any atom is 0.307 e. The Morgan fingerprint density at radius 3 is 1.19 bits per heavy atom. The topological polar surface area (TPSA) is 59.1 Å². The molecule has 6 nitrogen and oxygen atoms in total. The number of ether oxygens (including phenoxy) is 2. The maximum atomic E-state index is 12.6. The van der Waals surface area contributed by atoms with E-state index < -0.39 is 0 Å². The average molecular weight is 876 g/mol. The molecule has 0 N–H and O–H groups in total. The minimum absolute atomic E-state index is 0.137. The molecule has 0 spiro atoms. The van der Waals surface area contributed by atoms with Crippen LogP contribution in [0.3, 0.4) is 0 Å². The largest absolute Gasteiger partial charge is 0.466 e. The number of hydrogen-bond acceptors (Lipinski definition) is 10. The summed E-state index contributed by atoms with van der Waals surface area (Å²) in [5.74, 6) is 7.42. The Bertz CT molecular complexity index is 840. The van der Waals surface area contributed by atoms with Crippen molar-refractivity contribution in [2.75, 3.05) is 76.0 Å². The van der Waals surface area contributed by atoms with E-state index in [1.807, 2.05) is 43.2 Å². The van der Waals surface area contributed by atoms with Crippen molar-refractivity contribution in [1.29, 1.82) is 0 Å². The van der Waals surface area contributed by atoms with Crippen molar-refractivity contribution in [2.45, 2.75) is 200 Å². The molecule has 0 saturated carbocycles. The fourth-order valence-corrected chi connectivity index (χ4v) is 11.1. The summed E-state index contributed by atoms with van der Waals surface area (Å²) >= 11 is 0. The summed E-state index contributed by atoms with van der Waals surface area (Å²) in [5, 5.41) is 0. The molecule has 0 atom stereocenters. The summed E-state index contributed by atoms with van der Waals surface area (Å²) in [6.07, 6.45) is 40.1. The van der Waals surface area contributed by atoms with Gasteiger partial charge in [0.2, 0.25) is 0 Å². The second-order valence-corrected chi connectivity index (χ2v) is 21.2. The van der Waals surface area contributed by atoms with Gasteiger partial charge in [0.15, 0.2) is 0 Å². The van der Waals surface area contributed by atoms with Crippen LogP contribution < -0.4 is 0 Å². The molecular weight excluding hydrogens is 785 g/mol. The van der Waals surface area contributed by atoms with E-state index in [1.54, 1.807) is 0 Å². The van der Waals surface area contributed by atoms with E-state index in [0.717, 1.165) is 64.6 Å². The van der Waals surface area contributed by atoms with E-state index in [4.69, 9.17) is 15.9 Å². The molecule has 57 heavy (non-hydrogen) atoms. The monoisotopic (exact) mass is 875 g/mol. The quantitative estimate of drug-likeness (QED) is 0.0256. The fourth-order valence-electron chi connectivity index (χ4n) is 6.54. The van der Waals surface area contributed by atoms with E-state index in [-0.39, 0.29) is 11.9 Å². The molecule has 0 aliphatic rings. The molecule has 336 valence electrons. The molecule has 0 aliphatic carbocycles. The van der Waals surface area contributed by atoms with E-state index in [9.17, 15) is 9.59 Å². The Morgan fingerprint density at radius 2 is 0.807 bits per heavy atom. The zero-order valence-electron chi connectivity index (χ0n) is 37.5. The predicted octanol–water partition coefficient (Wildman–Crippen LogP) is 14.1. The van der Waals surface area contributed by atoms with Crippen molar-refractivity contribution in [1.82, 2.24) is 9.80 Å². The Balaban J connectivity index is 4.03. The highest BCUT2D eigenvalue weighted by molar-refractivity contribution is 8.77. The Morgan fingerprint density at radius 1 is 0.456 bits per heavy atom. The van der Waals surface area contributed by atoms with Crippen molar-refractivity contribution in [3.05, 3.63) is 0 Å². The average Bonchev–Trinajstić information content (AvgIpc) is 3.21. The number of carbonyl (C=O) groups is 2. The highest BCUT2D eigenvalue weighted by atomic mass is 33.1. The van der Waals surface area contributed by atoms with Crippen molar-refractivity contribution in [3.8, 4) is 12.3 Å². The molecule has 0 unspecified atom stereocenters. The lowest BCUT2D eigenvalue weighted by Gasteiger charge is -2.23. The zero-order valence-corrected chi connectivity index (χ0v) is 40.8. The summed E-state index contributed by atoms with van der Waals surface area (Å²) in [7, 11) is 10.2. The fraction of sp³-hybridized carbons (Fsp3) is 0.915. The smallest absolute Gasteiger partial charge is 0.307 e. The van der Waals surface area contributed by atoms with Gasteiger partial charge in [-0.15, -0.1) is 12.3 Å². The Labute approximate surface area is 370 Å². The lowest BCUT2D eigenvalue weighted by molar-refractivity contribution is -0.144. The molecular formula is C47H90N2O4S4. The van der Waals surface area contributed by atoms with Gasteiger partial charge in [-0.3, -0.25) is 9.59 Å². The van der Waals surface area contributed by atoms with Crippen molar-refractivity contribution in [3.63, 3.8) is 0 Å². The molecule has 0 rings (SSSR count). The number of rotatable bonds is 47. The number of esters is 2. The van der Waals surface area contributed by atoms with Crippen molar-refractivity contribution in [2.24, 2.45) is 0 Å². The van der Waals surface area contributed by atoms with Gasteiger partial charge in [-0.2, -0.15) is 0 Å². The molecule has 0 amide bonds. The molecule has 0 heterocycles. The lowest BCUT2D eigenvalue weighted by atomic mass is 10.1. The van der Waals surface area contributed by atoms with Crippen LogP contribution >= 0.6 is 43.2 Å². The first-order valence-corrected chi connectivity index (χ1v) is 28.6. The highest BCUT2D eigenvalue weighted by Crippen LogP contribution is 2.26. The number of carbonyl (C=O) groups excluding carboxylic acids is 2. The second kappa shape index (κ2) is 48.5. The van der Waals surface area contributed by atoms with Gasteiger partial charge in [-0.1, -0.05) is 173 Å². The molecule has 0 aliphatic heterocycles. The van der Waals surface area contributed by atoms with Gasteiger partial charge in [-0.05, 0) is 78.0 Å². The van der Waals surface area contributed by atoms with Crippen molar-refractivity contribution >= 4 is 55.1 Å². The van der Waals surface area contributed by atoms with Crippen LogP contribution in [0, 0.1) is 12.3 Å². The standard InChI is InChI=1S/C47H90N2O4S4/c1-5-8-11-13-15-17-21-28-42-54-56-44-30-23-19-26-40-52-46(50)33-38-49(37-32-36-48(4)35-25-10-7-3)39-34-47(51)53-41-27-20-24-31-45-57-55-43-29-22-18-16-14-12-9-6-2/h3H,5-6,8-45H2,1-2,4H3. The number of nitrogens with zero attached hydrogens (tertiary/aromatic N) is 2. The van der Waals surface area contributed by atoms with Crippen LogP contribution in [0.5, 0.6) is 0 Å². The molecule has 10 heteroatoms. The third kappa shape index (κ3) is 46.7. The van der Waals surface area contributed by atoms with Gasteiger partial charge in [0.1, 0.15) is 0 Å². The Hall–Kier alpha value is -0.180.